The zero-order chi connectivity index (χ0) is 23.7. The van der Waals surface area contributed by atoms with Gasteiger partial charge in [-0.25, -0.2) is 9.97 Å². The molecule has 2 aromatic heterocycles. The van der Waals surface area contributed by atoms with Crippen molar-refractivity contribution >= 4 is 29.7 Å². The number of hydrogen-bond donors (Lipinski definition) is 2. The van der Waals surface area contributed by atoms with Gasteiger partial charge in [0.1, 0.15) is 17.3 Å². The van der Waals surface area contributed by atoms with Crippen molar-refractivity contribution in [3.63, 3.8) is 0 Å². The van der Waals surface area contributed by atoms with Gasteiger partial charge in [-0.15, -0.1) is 0 Å². The summed E-state index contributed by atoms with van der Waals surface area (Å²) >= 11 is 0. The number of amidine groups is 1. The monoisotopic (exact) mass is 448 g/mol. The molecule has 174 valence electrons. The second kappa shape index (κ2) is 9.27. The summed E-state index contributed by atoms with van der Waals surface area (Å²) in [7, 11) is 4.01. The molecule has 4 heterocycles. The van der Waals surface area contributed by atoms with Crippen LogP contribution in [0.4, 0.5) is 11.6 Å². The molecular formula is C24H32N8O. The summed E-state index contributed by atoms with van der Waals surface area (Å²) in [6, 6.07) is 7.69. The predicted octanol–water partition coefficient (Wildman–Crippen LogP) is 2.94. The van der Waals surface area contributed by atoms with Crippen LogP contribution in [0.1, 0.15) is 54.0 Å². The standard InChI is InChI=1S/C24H32N8O/c1-5-30(15-25)23(26)19-9-6-10-21(27-19)32-13-18-17(24(32)33)12-22(28-20(18)14-29(3)4)31-11-7-8-16(31)2/h6,9-10,12,15-16,25-26H,5,7-8,11,13-14H2,1-4H3/t16-/m1/s1. The lowest BCUT2D eigenvalue weighted by atomic mass is 10.1. The summed E-state index contributed by atoms with van der Waals surface area (Å²) in [5.41, 5.74) is 2.99. The number of carbonyl (C=O) groups is 1. The Morgan fingerprint density at radius 3 is 2.70 bits per heavy atom. The number of nitrogens with one attached hydrogen (secondary N) is 2. The number of amides is 1. The first-order valence-corrected chi connectivity index (χ1v) is 11.4. The Labute approximate surface area is 195 Å². The zero-order valence-electron chi connectivity index (χ0n) is 19.8. The Bertz CT molecular complexity index is 1080. The van der Waals surface area contributed by atoms with Crippen LogP contribution >= 0.6 is 0 Å². The van der Waals surface area contributed by atoms with Gasteiger partial charge in [0.2, 0.25) is 0 Å². The van der Waals surface area contributed by atoms with Crippen molar-refractivity contribution in [2.45, 2.75) is 45.8 Å². The minimum atomic E-state index is -0.0870. The molecule has 2 aromatic rings. The van der Waals surface area contributed by atoms with E-state index in [1.54, 1.807) is 23.1 Å². The summed E-state index contributed by atoms with van der Waals surface area (Å²) in [6.45, 7) is 6.61. The average molecular weight is 449 g/mol. The quantitative estimate of drug-likeness (QED) is 0.499. The molecule has 1 atom stereocenters. The van der Waals surface area contributed by atoms with Crippen molar-refractivity contribution in [3.05, 3.63) is 46.8 Å². The van der Waals surface area contributed by atoms with Gasteiger partial charge < -0.3 is 14.7 Å². The fourth-order valence-electron chi connectivity index (χ4n) is 4.55. The highest BCUT2D eigenvalue weighted by molar-refractivity contribution is 6.10. The van der Waals surface area contributed by atoms with E-state index in [-0.39, 0.29) is 11.7 Å². The average Bonchev–Trinajstić information content (AvgIpc) is 3.37. The number of hydrogen-bond acceptors (Lipinski definition) is 7. The van der Waals surface area contributed by atoms with Crippen molar-refractivity contribution in [2.75, 3.05) is 37.0 Å². The second-order valence-electron chi connectivity index (χ2n) is 8.91. The maximum atomic E-state index is 13.5. The first kappa shape index (κ1) is 22.8. The van der Waals surface area contributed by atoms with Crippen molar-refractivity contribution < 1.29 is 4.79 Å². The minimum Gasteiger partial charge on any atom is -0.354 e. The van der Waals surface area contributed by atoms with E-state index in [1.807, 2.05) is 27.1 Å². The van der Waals surface area contributed by atoms with Crippen molar-refractivity contribution in [2.24, 2.45) is 0 Å². The SMILES string of the molecule is CCN(C=N)C(=N)c1cccc(N2Cc3c(cc(N4CCC[C@H]4C)nc3CN(C)C)C2=O)n1. The van der Waals surface area contributed by atoms with E-state index < -0.39 is 0 Å². The van der Waals surface area contributed by atoms with Crippen LogP contribution in [-0.2, 0) is 13.1 Å². The molecule has 0 bridgehead atoms. The van der Waals surface area contributed by atoms with E-state index in [4.69, 9.17) is 15.8 Å². The molecule has 2 N–H and O–H groups in total. The molecule has 0 unspecified atom stereocenters. The van der Waals surface area contributed by atoms with Crippen LogP contribution in [0.15, 0.2) is 24.3 Å². The van der Waals surface area contributed by atoms with Crippen LogP contribution in [-0.4, -0.2) is 71.1 Å². The van der Waals surface area contributed by atoms with Crippen LogP contribution in [0, 0.1) is 10.8 Å². The molecule has 0 saturated carbocycles. The van der Waals surface area contributed by atoms with E-state index >= 15 is 0 Å². The number of aromatic nitrogens is 2. The Kier molecular flexibility index (Phi) is 6.42. The Morgan fingerprint density at radius 1 is 1.27 bits per heavy atom. The fraction of sp³-hybridized carbons (Fsp3) is 0.458. The molecule has 4 rings (SSSR count). The topological polar surface area (TPSA) is 104 Å². The molecule has 0 aliphatic carbocycles. The lowest BCUT2D eigenvalue weighted by Gasteiger charge is -2.24. The zero-order valence-corrected chi connectivity index (χ0v) is 19.8. The molecule has 0 spiro atoms. The molecule has 1 fully saturated rings. The van der Waals surface area contributed by atoms with Crippen molar-refractivity contribution in [1.29, 1.82) is 10.8 Å². The van der Waals surface area contributed by atoms with E-state index in [1.165, 1.54) is 4.90 Å². The second-order valence-corrected chi connectivity index (χ2v) is 8.91. The van der Waals surface area contributed by atoms with Crippen LogP contribution < -0.4 is 9.80 Å². The molecule has 9 nitrogen and oxygen atoms in total. The molecule has 2 aliphatic rings. The van der Waals surface area contributed by atoms with Gasteiger partial charge in [0.25, 0.3) is 5.91 Å². The lowest BCUT2D eigenvalue weighted by Crippen LogP contribution is -2.31. The molecule has 0 aromatic carbocycles. The highest BCUT2D eigenvalue weighted by atomic mass is 16.2. The Morgan fingerprint density at radius 2 is 2.06 bits per heavy atom. The number of rotatable bonds is 7. The number of carbonyl (C=O) groups excluding carboxylic acids is 1. The molecule has 33 heavy (non-hydrogen) atoms. The normalized spacial score (nSPS) is 17.6. The summed E-state index contributed by atoms with van der Waals surface area (Å²) in [6.07, 6.45) is 3.39. The number of anilines is 2. The van der Waals surface area contributed by atoms with Gasteiger partial charge in [0.05, 0.1) is 24.1 Å². The highest BCUT2D eigenvalue weighted by Gasteiger charge is 2.34. The molecule has 0 radical (unpaired) electrons. The highest BCUT2D eigenvalue weighted by Crippen LogP contribution is 2.34. The molecule has 1 saturated heterocycles. The van der Waals surface area contributed by atoms with Gasteiger partial charge in [0, 0.05) is 31.2 Å². The summed E-state index contributed by atoms with van der Waals surface area (Å²) in [4.78, 5) is 30.7. The largest absolute Gasteiger partial charge is 0.354 e. The third-order valence-electron chi connectivity index (χ3n) is 6.34. The molecular weight excluding hydrogens is 416 g/mol. The number of nitrogens with zero attached hydrogens (tertiary/aromatic N) is 6. The third-order valence-corrected chi connectivity index (χ3v) is 6.34. The van der Waals surface area contributed by atoms with E-state index in [0.717, 1.165) is 42.8 Å². The van der Waals surface area contributed by atoms with Gasteiger partial charge in [0.15, 0.2) is 5.84 Å². The third kappa shape index (κ3) is 4.32. The number of fused-ring (bicyclic) bond motifs is 1. The van der Waals surface area contributed by atoms with Gasteiger partial charge in [-0.05, 0) is 59.0 Å². The van der Waals surface area contributed by atoms with Gasteiger partial charge in [-0.2, -0.15) is 0 Å². The smallest absolute Gasteiger partial charge is 0.260 e. The first-order valence-electron chi connectivity index (χ1n) is 11.4. The van der Waals surface area contributed by atoms with E-state index in [0.29, 0.717) is 42.8 Å². The van der Waals surface area contributed by atoms with Crippen LogP contribution in [0.25, 0.3) is 0 Å². The maximum absolute atomic E-state index is 13.5. The van der Waals surface area contributed by atoms with Crippen molar-refractivity contribution in [1.82, 2.24) is 19.8 Å². The molecule has 9 heteroatoms. The predicted molar refractivity (Wildman–Crippen MR) is 130 cm³/mol. The van der Waals surface area contributed by atoms with Crippen LogP contribution in [0.5, 0.6) is 0 Å². The Balaban J connectivity index is 1.70. The Hall–Kier alpha value is -3.33. The first-order chi connectivity index (χ1) is 15.8. The lowest BCUT2D eigenvalue weighted by molar-refractivity contribution is 0.0996. The van der Waals surface area contributed by atoms with Gasteiger partial charge in [-0.3, -0.25) is 20.5 Å². The van der Waals surface area contributed by atoms with Gasteiger partial charge in [-0.1, -0.05) is 6.07 Å². The van der Waals surface area contributed by atoms with E-state index in [9.17, 15) is 4.79 Å². The summed E-state index contributed by atoms with van der Waals surface area (Å²) in [5, 5.41) is 15.9. The molecule has 1 amide bonds. The van der Waals surface area contributed by atoms with Crippen molar-refractivity contribution in [3.8, 4) is 0 Å². The minimum absolute atomic E-state index is 0.0870. The molecule has 2 aliphatic heterocycles. The fourth-order valence-corrected chi connectivity index (χ4v) is 4.55. The van der Waals surface area contributed by atoms with Crippen LogP contribution in [0.2, 0.25) is 0 Å². The number of pyridine rings is 2. The summed E-state index contributed by atoms with van der Waals surface area (Å²) < 4.78 is 0. The van der Waals surface area contributed by atoms with E-state index in [2.05, 4.69) is 21.7 Å². The maximum Gasteiger partial charge on any atom is 0.260 e. The van der Waals surface area contributed by atoms with Crippen LogP contribution in [0.3, 0.4) is 0 Å². The van der Waals surface area contributed by atoms with Gasteiger partial charge >= 0.3 is 0 Å². The summed E-state index contributed by atoms with van der Waals surface area (Å²) in [5.74, 6) is 1.43.